The molecule has 0 aliphatic rings. The van der Waals surface area contributed by atoms with Crippen LogP contribution in [0, 0.1) is 6.92 Å². The summed E-state index contributed by atoms with van der Waals surface area (Å²) < 4.78 is 2.21. The second-order valence-corrected chi connectivity index (χ2v) is 8.19. The number of fused-ring (bicyclic) bond motifs is 1. The van der Waals surface area contributed by atoms with Crippen LogP contribution in [0.4, 0.5) is 0 Å². The number of benzene rings is 2. The molecule has 5 heteroatoms. The minimum Gasteiger partial charge on any atom is -0.352 e. The van der Waals surface area contributed by atoms with E-state index in [1.54, 1.807) is 11.8 Å². The van der Waals surface area contributed by atoms with E-state index in [9.17, 15) is 4.79 Å². The largest absolute Gasteiger partial charge is 0.352 e. The minimum absolute atomic E-state index is 0.000890. The maximum absolute atomic E-state index is 12.5. The molecule has 0 bridgehead atoms. The van der Waals surface area contributed by atoms with Gasteiger partial charge in [0.1, 0.15) is 5.82 Å². The van der Waals surface area contributed by atoms with Crippen molar-refractivity contribution in [2.75, 3.05) is 6.54 Å². The molecule has 0 saturated heterocycles. The number of hydrogen-bond acceptors (Lipinski definition) is 3. The van der Waals surface area contributed by atoms with E-state index in [2.05, 4.69) is 34.8 Å². The van der Waals surface area contributed by atoms with Crippen LogP contribution >= 0.6 is 11.8 Å². The van der Waals surface area contributed by atoms with Crippen molar-refractivity contribution in [1.29, 1.82) is 0 Å². The fraction of sp³-hybridized carbons (Fsp3) is 0.333. The van der Waals surface area contributed by atoms with E-state index in [1.807, 2.05) is 49.4 Å². The van der Waals surface area contributed by atoms with E-state index in [1.165, 1.54) is 0 Å². The average molecular weight is 368 g/mol. The number of aryl methyl sites for hydroxylation is 2. The summed E-state index contributed by atoms with van der Waals surface area (Å²) >= 11 is 1.72. The van der Waals surface area contributed by atoms with Crippen LogP contribution < -0.4 is 5.32 Å². The van der Waals surface area contributed by atoms with Crippen molar-refractivity contribution in [3.8, 4) is 0 Å². The van der Waals surface area contributed by atoms with Gasteiger partial charge in [0, 0.05) is 23.2 Å². The molecule has 0 spiro atoms. The first-order valence-electron chi connectivity index (χ1n) is 9.02. The van der Waals surface area contributed by atoms with E-state index >= 15 is 0 Å². The SMILES string of the molecule is Cc1nc2ccccc2n1CCCNC(=O)c1ccccc1SC(C)C. The van der Waals surface area contributed by atoms with Gasteiger partial charge in [0.2, 0.25) is 0 Å². The second kappa shape index (κ2) is 8.41. The summed E-state index contributed by atoms with van der Waals surface area (Å²) in [5, 5.41) is 3.50. The molecule has 1 aromatic heterocycles. The standard InChI is InChI=1S/C21H25N3OS/c1-15(2)26-20-12-7-4-9-17(20)21(25)22-13-8-14-24-16(3)23-18-10-5-6-11-19(18)24/h4-7,9-12,15H,8,13-14H2,1-3H3,(H,22,25). The molecule has 3 aromatic rings. The lowest BCUT2D eigenvalue weighted by Gasteiger charge is -2.12. The average Bonchev–Trinajstić information content (AvgIpc) is 2.94. The number of nitrogens with one attached hydrogen (secondary N) is 1. The highest BCUT2D eigenvalue weighted by Crippen LogP contribution is 2.26. The van der Waals surface area contributed by atoms with Gasteiger partial charge in [-0.05, 0) is 37.6 Å². The van der Waals surface area contributed by atoms with Crippen molar-refractivity contribution in [2.45, 2.75) is 43.9 Å². The number of nitrogens with zero attached hydrogens (tertiary/aromatic N) is 2. The molecule has 1 amide bonds. The zero-order valence-corrected chi connectivity index (χ0v) is 16.3. The van der Waals surface area contributed by atoms with Gasteiger partial charge in [-0.15, -0.1) is 11.8 Å². The molecule has 1 heterocycles. The molecule has 3 rings (SSSR count). The number of carbonyl (C=O) groups excluding carboxylic acids is 1. The van der Waals surface area contributed by atoms with E-state index in [-0.39, 0.29) is 5.91 Å². The molecule has 0 saturated carbocycles. The highest BCUT2D eigenvalue weighted by molar-refractivity contribution is 8.00. The summed E-state index contributed by atoms with van der Waals surface area (Å²) in [5.41, 5.74) is 2.93. The first kappa shape index (κ1) is 18.5. The highest BCUT2D eigenvalue weighted by atomic mass is 32.2. The lowest BCUT2D eigenvalue weighted by Crippen LogP contribution is -2.26. The molecule has 4 nitrogen and oxygen atoms in total. The molecule has 26 heavy (non-hydrogen) atoms. The molecular formula is C21H25N3OS. The number of para-hydroxylation sites is 2. The number of amides is 1. The van der Waals surface area contributed by atoms with Crippen molar-refractivity contribution in [2.24, 2.45) is 0 Å². The smallest absolute Gasteiger partial charge is 0.252 e. The Bertz CT molecular complexity index is 901. The van der Waals surface area contributed by atoms with Gasteiger partial charge in [-0.2, -0.15) is 0 Å². The molecule has 0 unspecified atom stereocenters. The third-order valence-corrected chi connectivity index (χ3v) is 5.27. The summed E-state index contributed by atoms with van der Waals surface area (Å²) in [6.45, 7) is 7.78. The number of rotatable bonds is 7. The predicted molar refractivity (Wildman–Crippen MR) is 109 cm³/mol. The third kappa shape index (κ3) is 4.28. The summed E-state index contributed by atoms with van der Waals surface area (Å²) in [6, 6.07) is 16.0. The van der Waals surface area contributed by atoms with Crippen molar-refractivity contribution in [1.82, 2.24) is 14.9 Å². The number of imidazole rings is 1. The molecular weight excluding hydrogens is 342 g/mol. The summed E-state index contributed by atoms with van der Waals surface area (Å²) in [4.78, 5) is 18.2. The molecule has 0 atom stereocenters. The van der Waals surface area contributed by atoms with Crippen LogP contribution in [0.25, 0.3) is 11.0 Å². The predicted octanol–water partition coefficient (Wildman–Crippen LogP) is 4.67. The van der Waals surface area contributed by atoms with Crippen LogP contribution in [0.1, 0.15) is 36.5 Å². The molecule has 0 aliphatic carbocycles. The Balaban J connectivity index is 1.58. The number of thioether (sulfide) groups is 1. The van der Waals surface area contributed by atoms with Crippen molar-refractivity contribution < 1.29 is 4.79 Å². The molecule has 136 valence electrons. The molecule has 1 N–H and O–H groups in total. The van der Waals surface area contributed by atoms with Crippen LogP contribution in [-0.4, -0.2) is 27.3 Å². The zero-order chi connectivity index (χ0) is 18.5. The number of hydrogen-bond donors (Lipinski definition) is 1. The van der Waals surface area contributed by atoms with Crippen LogP contribution in [0.2, 0.25) is 0 Å². The number of carbonyl (C=O) groups is 1. The monoisotopic (exact) mass is 367 g/mol. The van der Waals surface area contributed by atoms with Gasteiger partial charge in [-0.25, -0.2) is 4.98 Å². The van der Waals surface area contributed by atoms with Gasteiger partial charge < -0.3 is 9.88 Å². The number of aromatic nitrogens is 2. The van der Waals surface area contributed by atoms with Crippen molar-refractivity contribution in [3.05, 3.63) is 59.9 Å². The molecule has 2 aromatic carbocycles. The minimum atomic E-state index is 0.000890. The fourth-order valence-corrected chi connectivity index (χ4v) is 3.98. The van der Waals surface area contributed by atoms with Gasteiger partial charge in [-0.3, -0.25) is 4.79 Å². The first-order chi connectivity index (χ1) is 12.6. The van der Waals surface area contributed by atoms with Gasteiger partial charge in [0.15, 0.2) is 0 Å². The van der Waals surface area contributed by atoms with Crippen LogP contribution in [0.15, 0.2) is 53.4 Å². The highest BCUT2D eigenvalue weighted by Gasteiger charge is 2.12. The lowest BCUT2D eigenvalue weighted by atomic mass is 10.2. The quantitative estimate of drug-likeness (QED) is 0.488. The Morgan fingerprint density at radius 3 is 2.69 bits per heavy atom. The van der Waals surface area contributed by atoms with Crippen molar-refractivity contribution in [3.63, 3.8) is 0 Å². The molecule has 0 aliphatic heterocycles. The summed E-state index contributed by atoms with van der Waals surface area (Å²) in [7, 11) is 0. The summed E-state index contributed by atoms with van der Waals surface area (Å²) in [5.74, 6) is 1.01. The van der Waals surface area contributed by atoms with E-state index in [0.717, 1.165) is 40.3 Å². The van der Waals surface area contributed by atoms with E-state index in [4.69, 9.17) is 0 Å². The Morgan fingerprint density at radius 2 is 1.88 bits per heavy atom. The van der Waals surface area contributed by atoms with Gasteiger partial charge >= 0.3 is 0 Å². The van der Waals surface area contributed by atoms with E-state index < -0.39 is 0 Å². The Hall–Kier alpha value is -2.27. The van der Waals surface area contributed by atoms with Gasteiger partial charge in [-0.1, -0.05) is 38.1 Å². The zero-order valence-electron chi connectivity index (χ0n) is 15.5. The first-order valence-corrected chi connectivity index (χ1v) is 9.90. The van der Waals surface area contributed by atoms with Crippen molar-refractivity contribution >= 4 is 28.7 Å². The van der Waals surface area contributed by atoms with Crippen LogP contribution in [0.3, 0.4) is 0 Å². The lowest BCUT2D eigenvalue weighted by molar-refractivity contribution is 0.0950. The maximum atomic E-state index is 12.5. The summed E-state index contributed by atoms with van der Waals surface area (Å²) in [6.07, 6.45) is 0.867. The Kier molecular flexibility index (Phi) is 5.99. The molecule has 0 radical (unpaired) electrons. The second-order valence-electron chi connectivity index (χ2n) is 6.57. The molecule has 0 fully saturated rings. The van der Waals surface area contributed by atoms with Gasteiger partial charge in [0.25, 0.3) is 5.91 Å². The van der Waals surface area contributed by atoms with E-state index in [0.29, 0.717) is 11.8 Å². The van der Waals surface area contributed by atoms with Crippen LogP contribution in [-0.2, 0) is 6.54 Å². The van der Waals surface area contributed by atoms with Crippen LogP contribution in [0.5, 0.6) is 0 Å². The van der Waals surface area contributed by atoms with Gasteiger partial charge in [0.05, 0.1) is 16.6 Å². The normalized spacial score (nSPS) is 11.2. The maximum Gasteiger partial charge on any atom is 0.252 e. The fourth-order valence-electron chi connectivity index (χ4n) is 3.02. The third-order valence-electron chi connectivity index (χ3n) is 4.18. The topological polar surface area (TPSA) is 46.9 Å². The Labute approximate surface area is 159 Å². The Morgan fingerprint density at radius 1 is 1.15 bits per heavy atom.